The second-order valence-electron chi connectivity index (χ2n) is 7.51. The summed E-state index contributed by atoms with van der Waals surface area (Å²) in [5, 5.41) is 0. The Labute approximate surface area is 164 Å². The third kappa shape index (κ3) is 4.14. The number of aromatic nitrogens is 2. The molecule has 28 heavy (non-hydrogen) atoms. The number of hydrogen-bond acceptors (Lipinski definition) is 5. The summed E-state index contributed by atoms with van der Waals surface area (Å²) >= 11 is 0. The lowest BCUT2D eigenvalue weighted by Gasteiger charge is -2.22. The third-order valence-corrected chi connectivity index (χ3v) is 5.39. The number of amides is 1. The zero-order valence-electron chi connectivity index (χ0n) is 16.1. The highest BCUT2D eigenvalue weighted by molar-refractivity contribution is 5.71. The Hall–Kier alpha value is -2.54. The smallest absolute Gasteiger partial charge is 0.410 e. The fourth-order valence-corrected chi connectivity index (χ4v) is 3.94. The van der Waals surface area contributed by atoms with Crippen LogP contribution < -0.4 is 0 Å². The minimum atomic E-state index is -0.248. The Kier molecular flexibility index (Phi) is 5.52. The molecule has 2 atom stereocenters. The minimum Gasteiger partial charge on any atom is -0.442 e. The van der Waals surface area contributed by atoms with Crippen molar-refractivity contribution in [2.75, 3.05) is 19.6 Å². The van der Waals surface area contributed by atoms with Crippen LogP contribution in [0.1, 0.15) is 30.3 Å². The second kappa shape index (κ2) is 8.22. The molecule has 0 radical (unpaired) electrons. The molecule has 0 unspecified atom stereocenters. The predicted octanol–water partition coefficient (Wildman–Crippen LogP) is 2.82. The SMILES string of the molecule is CCCc1ncc(CN2C[C@H]3OC(=O)N(CCc4ccc(F)cc4)[C@H]3C2)cn1. The van der Waals surface area contributed by atoms with Crippen LogP contribution in [-0.4, -0.2) is 57.6 Å². The van der Waals surface area contributed by atoms with Gasteiger partial charge in [-0.15, -0.1) is 0 Å². The molecular formula is C21H25FN4O2. The maximum atomic E-state index is 13.0. The average Bonchev–Trinajstić information content (AvgIpc) is 3.19. The number of likely N-dealkylation sites (tertiary alicyclic amines) is 1. The Bertz CT molecular complexity index is 812. The van der Waals surface area contributed by atoms with Gasteiger partial charge in [-0.25, -0.2) is 19.2 Å². The Morgan fingerprint density at radius 3 is 2.57 bits per heavy atom. The molecule has 2 aliphatic rings. The molecular weight excluding hydrogens is 359 g/mol. The fourth-order valence-electron chi connectivity index (χ4n) is 3.94. The van der Waals surface area contributed by atoms with E-state index in [1.807, 2.05) is 17.3 Å². The van der Waals surface area contributed by atoms with E-state index in [2.05, 4.69) is 21.8 Å². The van der Waals surface area contributed by atoms with E-state index < -0.39 is 0 Å². The molecule has 7 heteroatoms. The summed E-state index contributed by atoms with van der Waals surface area (Å²) in [6.07, 6.45) is 6.06. The van der Waals surface area contributed by atoms with Gasteiger partial charge in [0.25, 0.3) is 0 Å². The molecule has 2 fully saturated rings. The van der Waals surface area contributed by atoms with Crippen molar-refractivity contribution in [1.29, 1.82) is 0 Å². The molecule has 148 valence electrons. The summed E-state index contributed by atoms with van der Waals surface area (Å²) in [6.45, 7) is 4.94. The number of ether oxygens (including phenoxy) is 1. The molecule has 2 aromatic rings. The molecule has 2 saturated heterocycles. The van der Waals surface area contributed by atoms with Crippen molar-refractivity contribution in [2.24, 2.45) is 0 Å². The molecule has 0 N–H and O–H groups in total. The summed E-state index contributed by atoms with van der Waals surface area (Å²) in [5.74, 6) is 0.632. The second-order valence-corrected chi connectivity index (χ2v) is 7.51. The van der Waals surface area contributed by atoms with Crippen LogP contribution in [0.5, 0.6) is 0 Å². The van der Waals surface area contributed by atoms with Crippen LogP contribution in [0.3, 0.4) is 0 Å². The number of benzene rings is 1. The van der Waals surface area contributed by atoms with Crippen molar-refractivity contribution >= 4 is 6.09 Å². The van der Waals surface area contributed by atoms with Crippen LogP contribution in [0.2, 0.25) is 0 Å². The zero-order valence-corrected chi connectivity index (χ0v) is 16.1. The predicted molar refractivity (Wildman–Crippen MR) is 102 cm³/mol. The van der Waals surface area contributed by atoms with Gasteiger partial charge >= 0.3 is 6.09 Å². The van der Waals surface area contributed by atoms with Crippen molar-refractivity contribution in [3.8, 4) is 0 Å². The third-order valence-electron chi connectivity index (χ3n) is 5.39. The maximum Gasteiger partial charge on any atom is 0.410 e. The van der Waals surface area contributed by atoms with E-state index in [1.165, 1.54) is 12.1 Å². The molecule has 4 rings (SSSR count). The number of aryl methyl sites for hydroxylation is 1. The van der Waals surface area contributed by atoms with Crippen LogP contribution in [0.15, 0.2) is 36.7 Å². The highest BCUT2D eigenvalue weighted by Crippen LogP contribution is 2.28. The van der Waals surface area contributed by atoms with Gasteiger partial charge in [0.05, 0.1) is 6.04 Å². The highest BCUT2D eigenvalue weighted by atomic mass is 19.1. The van der Waals surface area contributed by atoms with E-state index in [1.54, 1.807) is 12.1 Å². The molecule has 1 amide bonds. The fraction of sp³-hybridized carbons (Fsp3) is 0.476. The van der Waals surface area contributed by atoms with Gasteiger partial charge in [-0.2, -0.15) is 0 Å². The van der Waals surface area contributed by atoms with E-state index in [-0.39, 0.29) is 24.1 Å². The van der Waals surface area contributed by atoms with E-state index in [0.717, 1.165) is 49.4 Å². The first kappa shape index (κ1) is 18.8. The maximum absolute atomic E-state index is 13.0. The number of carbonyl (C=O) groups is 1. The molecule has 6 nitrogen and oxygen atoms in total. The van der Waals surface area contributed by atoms with Gasteiger partial charge in [0.2, 0.25) is 0 Å². The number of carbonyl (C=O) groups excluding carboxylic acids is 1. The molecule has 0 aliphatic carbocycles. The lowest BCUT2D eigenvalue weighted by molar-refractivity contribution is 0.120. The first-order valence-electron chi connectivity index (χ1n) is 9.86. The number of fused-ring (bicyclic) bond motifs is 1. The largest absolute Gasteiger partial charge is 0.442 e. The molecule has 0 spiro atoms. The van der Waals surface area contributed by atoms with E-state index in [4.69, 9.17) is 4.74 Å². The topological polar surface area (TPSA) is 58.6 Å². The minimum absolute atomic E-state index is 0.0632. The average molecular weight is 384 g/mol. The lowest BCUT2D eigenvalue weighted by atomic mass is 10.1. The standard InChI is InChI=1S/C21H25FN4O2/c1-2-3-20-23-10-16(11-24-20)12-25-13-18-19(14-25)28-21(27)26(18)9-8-15-4-6-17(22)7-5-15/h4-7,10-11,18-19H,2-3,8-9,12-14H2,1H3/t18-,19+/m0/s1. The Balaban J connectivity index is 1.33. The molecule has 3 heterocycles. The van der Waals surface area contributed by atoms with Crippen LogP contribution in [0.4, 0.5) is 9.18 Å². The van der Waals surface area contributed by atoms with E-state index >= 15 is 0 Å². The number of halogens is 1. The molecule has 0 bridgehead atoms. The van der Waals surface area contributed by atoms with Crippen molar-refractivity contribution in [1.82, 2.24) is 19.8 Å². The van der Waals surface area contributed by atoms with Crippen molar-refractivity contribution in [3.05, 3.63) is 59.4 Å². The first-order chi connectivity index (χ1) is 13.6. The molecule has 0 saturated carbocycles. The highest BCUT2D eigenvalue weighted by Gasteiger charge is 2.47. The van der Waals surface area contributed by atoms with Crippen molar-refractivity contribution in [3.63, 3.8) is 0 Å². The molecule has 2 aliphatic heterocycles. The van der Waals surface area contributed by atoms with E-state index in [9.17, 15) is 9.18 Å². The van der Waals surface area contributed by atoms with Gasteiger partial charge in [0.1, 0.15) is 17.7 Å². The first-order valence-corrected chi connectivity index (χ1v) is 9.86. The zero-order chi connectivity index (χ0) is 19.5. The summed E-state index contributed by atoms with van der Waals surface area (Å²) in [6, 6.07) is 6.49. The van der Waals surface area contributed by atoms with Crippen LogP contribution in [0, 0.1) is 5.82 Å². The van der Waals surface area contributed by atoms with Crippen LogP contribution in [0.25, 0.3) is 0 Å². The van der Waals surface area contributed by atoms with Crippen molar-refractivity contribution in [2.45, 2.75) is 44.9 Å². The summed E-state index contributed by atoms with van der Waals surface area (Å²) in [5.41, 5.74) is 2.08. The van der Waals surface area contributed by atoms with Gasteiger partial charge in [-0.1, -0.05) is 19.1 Å². The van der Waals surface area contributed by atoms with Crippen LogP contribution in [-0.2, 0) is 24.1 Å². The molecule has 1 aromatic heterocycles. The van der Waals surface area contributed by atoms with Crippen LogP contribution >= 0.6 is 0 Å². The number of hydrogen-bond donors (Lipinski definition) is 0. The van der Waals surface area contributed by atoms with Crippen molar-refractivity contribution < 1.29 is 13.9 Å². The number of rotatable bonds is 7. The summed E-state index contributed by atoms with van der Waals surface area (Å²) < 4.78 is 18.6. The van der Waals surface area contributed by atoms with Gasteiger partial charge in [0.15, 0.2) is 0 Å². The van der Waals surface area contributed by atoms with E-state index in [0.29, 0.717) is 13.0 Å². The van der Waals surface area contributed by atoms with Gasteiger partial charge < -0.3 is 4.74 Å². The Morgan fingerprint density at radius 1 is 1.11 bits per heavy atom. The molecule has 1 aromatic carbocycles. The van der Waals surface area contributed by atoms with Gasteiger partial charge in [-0.05, 0) is 30.5 Å². The quantitative estimate of drug-likeness (QED) is 0.735. The van der Waals surface area contributed by atoms with Gasteiger partial charge in [0, 0.05) is 50.6 Å². The monoisotopic (exact) mass is 384 g/mol. The number of nitrogens with zero attached hydrogens (tertiary/aromatic N) is 4. The summed E-state index contributed by atoms with van der Waals surface area (Å²) in [4.78, 5) is 25.2. The normalized spacial score (nSPS) is 21.8. The summed E-state index contributed by atoms with van der Waals surface area (Å²) in [7, 11) is 0. The van der Waals surface area contributed by atoms with Gasteiger partial charge in [-0.3, -0.25) is 9.80 Å². The Morgan fingerprint density at radius 2 is 1.86 bits per heavy atom. The lowest BCUT2D eigenvalue weighted by Crippen LogP contribution is -2.39.